The van der Waals surface area contributed by atoms with Crippen molar-refractivity contribution < 1.29 is 0 Å². The lowest BCUT2D eigenvalue weighted by atomic mass is 10.0. The summed E-state index contributed by atoms with van der Waals surface area (Å²) < 4.78 is 0. The van der Waals surface area contributed by atoms with Crippen molar-refractivity contribution in [2.45, 2.75) is 0 Å². The van der Waals surface area contributed by atoms with Gasteiger partial charge in [-0.1, -0.05) is 78.9 Å². The van der Waals surface area contributed by atoms with Crippen LogP contribution < -0.4 is 0 Å². The molecule has 3 nitrogen and oxygen atoms in total. The molecule has 0 saturated heterocycles. The highest BCUT2D eigenvalue weighted by molar-refractivity contribution is 6.28. The molecule has 0 bridgehead atoms. The fraction of sp³-hybridized carbons (Fsp3) is 0. The van der Waals surface area contributed by atoms with Crippen LogP contribution in [-0.4, -0.2) is 15.0 Å². The fourth-order valence-corrected chi connectivity index (χ4v) is 3.51. The number of halogens is 1. The van der Waals surface area contributed by atoms with Crippen molar-refractivity contribution in [1.82, 2.24) is 15.0 Å². The van der Waals surface area contributed by atoms with Gasteiger partial charge in [0.05, 0.1) is 0 Å². The molecule has 0 aliphatic heterocycles. The number of hydrogen-bond acceptors (Lipinski definition) is 3. The first-order valence-corrected chi connectivity index (χ1v) is 9.05. The third-order valence-electron chi connectivity index (χ3n) is 4.65. The minimum Gasteiger partial charge on any atom is -0.208 e. The van der Waals surface area contributed by atoms with Crippen LogP contribution in [0.3, 0.4) is 0 Å². The molecule has 0 saturated carbocycles. The number of aromatic nitrogens is 3. The summed E-state index contributed by atoms with van der Waals surface area (Å²) in [6.07, 6.45) is 0. The summed E-state index contributed by atoms with van der Waals surface area (Å²) in [5.41, 5.74) is 1.86. The van der Waals surface area contributed by atoms with Gasteiger partial charge in [-0.05, 0) is 39.2 Å². The van der Waals surface area contributed by atoms with Gasteiger partial charge in [-0.3, -0.25) is 0 Å². The van der Waals surface area contributed by atoms with E-state index in [4.69, 9.17) is 16.6 Å². The van der Waals surface area contributed by atoms with E-state index in [1.807, 2.05) is 42.5 Å². The van der Waals surface area contributed by atoms with Gasteiger partial charge in [-0.2, -0.15) is 9.97 Å². The van der Waals surface area contributed by atoms with Gasteiger partial charge in [0, 0.05) is 11.1 Å². The second-order valence-corrected chi connectivity index (χ2v) is 6.68. The molecule has 0 amide bonds. The van der Waals surface area contributed by atoms with Crippen LogP contribution >= 0.6 is 11.6 Å². The molecule has 128 valence electrons. The highest BCUT2D eigenvalue weighted by Gasteiger charge is 2.12. The zero-order valence-corrected chi connectivity index (χ0v) is 15.1. The Morgan fingerprint density at radius 1 is 0.556 bits per heavy atom. The van der Waals surface area contributed by atoms with Crippen molar-refractivity contribution >= 4 is 33.1 Å². The molecule has 0 N–H and O–H groups in total. The lowest BCUT2D eigenvalue weighted by Crippen LogP contribution is -1.97. The monoisotopic (exact) mass is 367 g/mol. The van der Waals surface area contributed by atoms with Gasteiger partial charge in [0.25, 0.3) is 0 Å². The highest BCUT2D eigenvalue weighted by Crippen LogP contribution is 2.29. The lowest BCUT2D eigenvalue weighted by Gasteiger charge is -2.08. The summed E-state index contributed by atoms with van der Waals surface area (Å²) in [6, 6.07) is 28.6. The van der Waals surface area contributed by atoms with Crippen molar-refractivity contribution in [1.29, 1.82) is 0 Å². The SMILES string of the molecule is Clc1nc(-c2ccc3ccccc3c2)nc(-c2cccc3ccccc23)n1. The second kappa shape index (κ2) is 6.45. The Hall–Kier alpha value is -3.30. The summed E-state index contributed by atoms with van der Waals surface area (Å²) in [7, 11) is 0. The Kier molecular flexibility index (Phi) is 3.80. The van der Waals surface area contributed by atoms with Crippen LogP contribution in [0.5, 0.6) is 0 Å². The van der Waals surface area contributed by atoms with Crippen molar-refractivity contribution in [2.75, 3.05) is 0 Å². The van der Waals surface area contributed by atoms with E-state index in [9.17, 15) is 0 Å². The molecule has 4 heteroatoms. The molecule has 0 aliphatic rings. The van der Waals surface area contributed by atoms with E-state index in [-0.39, 0.29) is 5.28 Å². The summed E-state index contributed by atoms with van der Waals surface area (Å²) in [5, 5.41) is 4.73. The maximum atomic E-state index is 6.26. The van der Waals surface area contributed by atoms with E-state index in [0.29, 0.717) is 11.6 Å². The summed E-state index contributed by atoms with van der Waals surface area (Å²) in [5.74, 6) is 1.15. The molecule has 5 aromatic rings. The Labute approximate surface area is 161 Å². The fourth-order valence-electron chi connectivity index (χ4n) is 3.35. The van der Waals surface area contributed by atoms with Crippen LogP contribution in [0, 0.1) is 0 Å². The number of fused-ring (bicyclic) bond motifs is 2. The Bertz CT molecular complexity index is 1290. The van der Waals surface area contributed by atoms with E-state index in [1.54, 1.807) is 0 Å². The predicted molar refractivity (Wildman–Crippen MR) is 111 cm³/mol. The average Bonchev–Trinajstić information content (AvgIpc) is 2.72. The maximum Gasteiger partial charge on any atom is 0.226 e. The number of hydrogen-bond donors (Lipinski definition) is 0. The molecule has 1 aromatic heterocycles. The molecule has 1 heterocycles. The smallest absolute Gasteiger partial charge is 0.208 e. The average molecular weight is 368 g/mol. The van der Waals surface area contributed by atoms with Crippen molar-refractivity contribution in [2.24, 2.45) is 0 Å². The van der Waals surface area contributed by atoms with Crippen molar-refractivity contribution in [3.05, 3.63) is 90.2 Å². The van der Waals surface area contributed by atoms with Crippen molar-refractivity contribution in [3.63, 3.8) is 0 Å². The molecule has 0 atom stereocenters. The summed E-state index contributed by atoms with van der Waals surface area (Å²) >= 11 is 6.26. The minimum atomic E-state index is 0.191. The molecule has 0 fully saturated rings. The third kappa shape index (κ3) is 2.92. The quantitative estimate of drug-likeness (QED) is 0.374. The zero-order valence-electron chi connectivity index (χ0n) is 14.3. The van der Waals surface area contributed by atoms with Gasteiger partial charge in [0.1, 0.15) is 0 Å². The lowest BCUT2D eigenvalue weighted by molar-refractivity contribution is 1.07. The van der Waals surface area contributed by atoms with Crippen LogP contribution in [0.25, 0.3) is 44.3 Å². The molecule has 0 aliphatic carbocycles. The highest BCUT2D eigenvalue weighted by atomic mass is 35.5. The number of nitrogens with zero attached hydrogens (tertiary/aromatic N) is 3. The first-order chi connectivity index (χ1) is 13.3. The van der Waals surface area contributed by atoms with Gasteiger partial charge in [0.2, 0.25) is 5.28 Å². The molecule has 4 aromatic carbocycles. The Balaban J connectivity index is 1.70. The van der Waals surface area contributed by atoms with Gasteiger partial charge in [0.15, 0.2) is 11.6 Å². The number of benzene rings is 4. The third-order valence-corrected chi connectivity index (χ3v) is 4.82. The van der Waals surface area contributed by atoms with Crippen LogP contribution in [0.4, 0.5) is 0 Å². The Morgan fingerprint density at radius 2 is 1.26 bits per heavy atom. The summed E-state index contributed by atoms with van der Waals surface area (Å²) in [4.78, 5) is 13.5. The van der Waals surface area contributed by atoms with E-state index in [2.05, 4.69) is 52.4 Å². The van der Waals surface area contributed by atoms with Crippen LogP contribution in [0.2, 0.25) is 5.28 Å². The van der Waals surface area contributed by atoms with E-state index < -0.39 is 0 Å². The van der Waals surface area contributed by atoms with E-state index in [1.165, 1.54) is 5.39 Å². The first-order valence-electron chi connectivity index (χ1n) is 8.67. The van der Waals surface area contributed by atoms with E-state index >= 15 is 0 Å². The Morgan fingerprint density at radius 3 is 2.15 bits per heavy atom. The zero-order chi connectivity index (χ0) is 18.2. The molecule has 5 rings (SSSR count). The van der Waals surface area contributed by atoms with E-state index in [0.717, 1.165) is 27.3 Å². The maximum absolute atomic E-state index is 6.26. The van der Waals surface area contributed by atoms with Gasteiger partial charge < -0.3 is 0 Å². The van der Waals surface area contributed by atoms with Gasteiger partial charge >= 0.3 is 0 Å². The normalized spacial score (nSPS) is 11.1. The minimum absolute atomic E-state index is 0.191. The molecule has 27 heavy (non-hydrogen) atoms. The van der Waals surface area contributed by atoms with Crippen LogP contribution in [0.15, 0.2) is 84.9 Å². The molecular formula is C23H14ClN3. The molecule has 0 spiro atoms. The molecule has 0 unspecified atom stereocenters. The number of rotatable bonds is 2. The second-order valence-electron chi connectivity index (χ2n) is 6.34. The molecular weight excluding hydrogens is 354 g/mol. The standard InChI is InChI=1S/C23H14ClN3/c24-23-26-21(18-13-12-15-6-1-2-8-17(15)14-18)25-22(27-23)20-11-5-9-16-7-3-4-10-19(16)20/h1-14H. The molecule has 0 radical (unpaired) electrons. The first kappa shape index (κ1) is 15.9. The van der Waals surface area contributed by atoms with Gasteiger partial charge in [-0.25, -0.2) is 4.98 Å². The predicted octanol–water partition coefficient (Wildman–Crippen LogP) is 6.17. The largest absolute Gasteiger partial charge is 0.226 e. The van der Waals surface area contributed by atoms with Gasteiger partial charge in [-0.15, -0.1) is 0 Å². The van der Waals surface area contributed by atoms with Crippen molar-refractivity contribution in [3.8, 4) is 22.8 Å². The van der Waals surface area contributed by atoms with Crippen LogP contribution in [0.1, 0.15) is 0 Å². The van der Waals surface area contributed by atoms with Crippen LogP contribution in [-0.2, 0) is 0 Å². The summed E-state index contributed by atoms with van der Waals surface area (Å²) in [6.45, 7) is 0. The topological polar surface area (TPSA) is 38.7 Å².